The molecule has 1 atom stereocenters. The molecule has 1 unspecified atom stereocenters. The highest BCUT2D eigenvalue weighted by atomic mass is 19.1. The van der Waals surface area contributed by atoms with E-state index in [1.807, 2.05) is 35.2 Å². The number of rotatable bonds is 4. The second-order valence-corrected chi connectivity index (χ2v) is 7.23. The van der Waals surface area contributed by atoms with Crippen molar-refractivity contribution in [1.29, 1.82) is 0 Å². The second kappa shape index (κ2) is 8.71. The summed E-state index contributed by atoms with van der Waals surface area (Å²) < 4.78 is 25.0. The molecule has 2 aliphatic rings. The number of amides is 1. The van der Waals surface area contributed by atoms with Crippen molar-refractivity contribution < 1.29 is 18.7 Å². The third kappa shape index (κ3) is 4.34. The lowest BCUT2D eigenvalue weighted by Crippen LogP contribution is -2.48. The zero-order valence-electron chi connectivity index (χ0n) is 15.8. The number of nitrogens with one attached hydrogen (secondary N) is 1. The number of carbonyl (C=O) groups excluding carboxylic acids is 1. The zero-order chi connectivity index (χ0) is 19.3. The predicted molar refractivity (Wildman–Crippen MR) is 104 cm³/mol. The molecule has 2 heterocycles. The number of benzene rings is 2. The number of hydrogen-bond acceptors (Lipinski definition) is 4. The number of ether oxygens (including phenoxy) is 2. The Bertz CT molecular complexity index is 806. The molecule has 0 radical (unpaired) electrons. The minimum atomic E-state index is -0.287. The van der Waals surface area contributed by atoms with E-state index in [9.17, 15) is 9.18 Å². The van der Waals surface area contributed by atoms with Crippen molar-refractivity contribution in [3.8, 4) is 5.75 Å². The number of carbonyl (C=O) groups is 1. The molecule has 6 heteroatoms. The normalized spacial score (nSPS) is 20.8. The van der Waals surface area contributed by atoms with Crippen molar-refractivity contribution in [3.05, 3.63) is 65.5 Å². The SMILES string of the molecule is O=C(c1ccc(OC2CCOCC2)cc1)N1CCNCC1c1cccc(F)c1. The first-order chi connectivity index (χ1) is 13.7. The maximum Gasteiger partial charge on any atom is 0.254 e. The van der Waals surface area contributed by atoms with Crippen molar-refractivity contribution in [3.63, 3.8) is 0 Å². The molecule has 2 saturated heterocycles. The van der Waals surface area contributed by atoms with E-state index in [-0.39, 0.29) is 23.9 Å². The lowest BCUT2D eigenvalue weighted by molar-refractivity contribution is 0.0255. The highest BCUT2D eigenvalue weighted by Gasteiger charge is 2.29. The van der Waals surface area contributed by atoms with Gasteiger partial charge in [-0.05, 0) is 42.0 Å². The first-order valence-electron chi connectivity index (χ1n) is 9.82. The minimum absolute atomic E-state index is 0.0478. The third-order valence-corrected chi connectivity index (χ3v) is 5.31. The minimum Gasteiger partial charge on any atom is -0.490 e. The smallest absolute Gasteiger partial charge is 0.254 e. The Kier molecular flexibility index (Phi) is 5.88. The average molecular weight is 384 g/mol. The second-order valence-electron chi connectivity index (χ2n) is 7.23. The van der Waals surface area contributed by atoms with Crippen LogP contribution in [0.4, 0.5) is 4.39 Å². The van der Waals surface area contributed by atoms with Gasteiger partial charge in [0.1, 0.15) is 17.7 Å². The van der Waals surface area contributed by atoms with Gasteiger partial charge in [-0.2, -0.15) is 0 Å². The summed E-state index contributed by atoms with van der Waals surface area (Å²) in [5.74, 6) is 0.434. The van der Waals surface area contributed by atoms with Gasteiger partial charge in [-0.25, -0.2) is 4.39 Å². The fourth-order valence-electron chi connectivity index (χ4n) is 3.79. The van der Waals surface area contributed by atoms with E-state index >= 15 is 0 Å². The Labute approximate surface area is 164 Å². The topological polar surface area (TPSA) is 50.8 Å². The number of piperazine rings is 1. The summed E-state index contributed by atoms with van der Waals surface area (Å²) >= 11 is 0. The molecular formula is C22H25FN2O3. The van der Waals surface area contributed by atoms with Crippen LogP contribution in [0.15, 0.2) is 48.5 Å². The lowest BCUT2D eigenvalue weighted by atomic mass is 10.0. The molecule has 0 aliphatic carbocycles. The van der Waals surface area contributed by atoms with Crippen molar-refractivity contribution in [2.24, 2.45) is 0 Å². The van der Waals surface area contributed by atoms with Gasteiger partial charge in [-0.15, -0.1) is 0 Å². The van der Waals surface area contributed by atoms with E-state index in [1.54, 1.807) is 6.07 Å². The van der Waals surface area contributed by atoms with E-state index < -0.39 is 0 Å². The summed E-state index contributed by atoms with van der Waals surface area (Å²) in [4.78, 5) is 14.9. The van der Waals surface area contributed by atoms with Crippen molar-refractivity contribution in [2.75, 3.05) is 32.8 Å². The van der Waals surface area contributed by atoms with E-state index in [4.69, 9.17) is 9.47 Å². The molecule has 2 fully saturated rings. The molecule has 0 spiro atoms. The van der Waals surface area contributed by atoms with Crippen LogP contribution < -0.4 is 10.1 Å². The summed E-state index contributed by atoms with van der Waals surface area (Å²) in [6.45, 7) is 3.38. The molecular weight excluding hydrogens is 359 g/mol. The van der Waals surface area contributed by atoms with Gasteiger partial charge in [0.05, 0.1) is 19.3 Å². The van der Waals surface area contributed by atoms with Gasteiger partial charge in [0.15, 0.2) is 0 Å². The van der Waals surface area contributed by atoms with Crippen LogP contribution in [0.1, 0.15) is 34.8 Å². The Balaban J connectivity index is 1.47. The maximum absolute atomic E-state index is 13.7. The van der Waals surface area contributed by atoms with Crippen LogP contribution in [0, 0.1) is 5.82 Å². The molecule has 0 bridgehead atoms. The summed E-state index contributed by atoms with van der Waals surface area (Å²) in [6, 6.07) is 13.6. The molecule has 0 saturated carbocycles. The highest BCUT2D eigenvalue weighted by Crippen LogP contribution is 2.26. The maximum atomic E-state index is 13.7. The summed E-state index contributed by atoms with van der Waals surface area (Å²) in [5.41, 5.74) is 1.42. The van der Waals surface area contributed by atoms with Gasteiger partial charge in [0.2, 0.25) is 0 Å². The van der Waals surface area contributed by atoms with Crippen molar-refractivity contribution in [2.45, 2.75) is 25.0 Å². The van der Waals surface area contributed by atoms with Gasteiger partial charge < -0.3 is 19.7 Å². The van der Waals surface area contributed by atoms with Crippen LogP contribution in [-0.4, -0.2) is 49.8 Å². The van der Waals surface area contributed by atoms with Crippen LogP contribution >= 0.6 is 0 Å². The third-order valence-electron chi connectivity index (χ3n) is 5.31. The molecule has 2 aromatic carbocycles. The van der Waals surface area contributed by atoms with Crippen LogP contribution in [0.5, 0.6) is 5.75 Å². The molecule has 5 nitrogen and oxygen atoms in total. The monoisotopic (exact) mass is 384 g/mol. The van der Waals surface area contributed by atoms with Gasteiger partial charge in [0, 0.05) is 38.0 Å². The Morgan fingerprint density at radius 1 is 1.14 bits per heavy atom. The van der Waals surface area contributed by atoms with E-state index in [0.29, 0.717) is 18.7 Å². The van der Waals surface area contributed by atoms with E-state index in [0.717, 1.165) is 43.9 Å². The molecule has 2 aromatic rings. The van der Waals surface area contributed by atoms with Crippen LogP contribution in [0.25, 0.3) is 0 Å². The summed E-state index contributed by atoms with van der Waals surface area (Å²) in [5, 5.41) is 3.30. The average Bonchev–Trinajstić information content (AvgIpc) is 2.74. The molecule has 4 rings (SSSR count). The van der Waals surface area contributed by atoms with E-state index in [2.05, 4.69) is 5.32 Å². The Hall–Kier alpha value is -2.44. The van der Waals surface area contributed by atoms with Crippen LogP contribution in [-0.2, 0) is 4.74 Å². The fourth-order valence-corrected chi connectivity index (χ4v) is 3.79. The number of nitrogens with zero attached hydrogens (tertiary/aromatic N) is 1. The molecule has 2 aliphatic heterocycles. The molecule has 1 N–H and O–H groups in total. The summed E-state index contributed by atoms with van der Waals surface area (Å²) in [6.07, 6.45) is 1.94. The molecule has 148 valence electrons. The quantitative estimate of drug-likeness (QED) is 0.880. The first-order valence-corrected chi connectivity index (χ1v) is 9.82. The Morgan fingerprint density at radius 3 is 2.68 bits per heavy atom. The number of hydrogen-bond donors (Lipinski definition) is 1. The molecule has 1 amide bonds. The molecule has 28 heavy (non-hydrogen) atoms. The zero-order valence-corrected chi connectivity index (χ0v) is 15.8. The number of halogens is 1. The van der Waals surface area contributed by atoms with E-state index in [1.165, 1.54) is 12.1 Å². The fraction of sp³-hybridized carbons (Fsp3) is 0.409. The van der Waals surface area contributed by atoms with Gasteiger partial charge in [-0.3, -0.25) is 4.79 Å². The predicted octanol–water partition coefficient (Wildman–Crippen LogP) is 3.17. The van der Waals surface area contributed by atoms with Crippen molar-refractivity contribution >= 4 is 5.91 Å². The van der Waals surface area contributed by atoms with Crippen LogP contribution in [0.2, 0.25) is 0 Å². The largest absolute Gasteiger partial charge is 0.490 e. The highest BCUT2D eigenvalue weighted by molar-refractivity contribution is 5.94. The van der Waals surface area contributed by atoms with Crippen LogP contribution in [0.3, 0.4) is 0 Å². The Morgan fingerprint density at radius 2 is 1.93 bits per heavy atom. The van der Waals surface area contributed by atoms with Gasteiger partial charge in [0.25, 0.3) is 5.91 Å². The standard InChI is InChI=1S/C22H25FN2O3/c23-18-3-1-2-17(14-18)21-15-24-10-11-25(21)22(26)16-4-6-19(7-5-16)28-20-8-12-27-13-9-20/h1-7,14,20-21,24H,8-13,15H2. The lowest BCUT2D eigenvalue weighted by Gasteiger charge is -2.36. The summed E-state index contributed by atoms with van der Waals surface area (Å²) in [7, 11) is 0. The van der Waals surface area contributed by atoms with Crippen molar-refractivity contribution in [1.82, 2.24) is 10.2 Å². The van der Waals surface area contributed by atoms with Gasteiger partial charge >= 0.3 is 0 Å². The molecule has 0 aromatic heterocycles. The van der Waals surface area contributed by atoms with Gasteiger partial charge in [-0.1, -0.05) is 12.1 Å². The first kappa shape index (κ1) is 18.9.